The molecule has 0 radical (unpaired) electrons. The van der Waals surface area contributed by atoms with E-state index in [0.29, 0.717) is 0 Å². The van der Waals surface area contributed by atoms with Gasteiger partial charge >= 0.3 is 5.97 Å². The highest BCUT2D eigenvalue weighted by Gasteiger charge is 2.25. The quantitative estimate of drug-likeness (QED) is 0.801. The molecule has 1 aromatic carbocycles. The zero-order chi connectivity index (χ0) is 14.6. The number of carboxylic acid groups (broad SMARTS) is 1. The van der Waals surface area contributed by atoms with Crippen molar-refractivity contribution in [1.82, 2.24) is 4.72 Å². The normalized spacial score (nSPS) is 13.2. The average molecular weight is 352 g/mol. The summed E-state index contributed by atoms with van der Waals surface area (Å²) in [6, 6.07) is 3.12. The Balaban J connectivity index is 3.03. The molecule has 0 saturated carbocycles. The first-order valence-corrected chi connectivity index (χ1v) is 7.56. The number of nitrogens with one attached hydrogen (secondary N) is 1. The number of aliphatic carboxylic acids is 1. The molecular weight excluding hydrogens is 338 g/mol. The second kappa shape index (κ2) is 6.47. The molecule has 0 saturated heterocycles. The van der Waals surface area contributed by atoms with Gasteiger partial charge in [-0.1, -0.05) is 15.9 Å². The maximum Gasteiger partial charge on any atom is 0.324 e. The molecule has 0 aromatic heterocycles. The number of rotatable bonds is 6. The van der Waals surface area contributed by atoms with Crippen molar-refractivity contribution < 1.29 is 23.1 Å². The van der Waals surface area contributed by atoms with Gasteiger partial charge < -0.3 is 9.84 Å². The molecule has 1 atom stereocenters. The number of halogens is 1. The summed E-state index contributed by atoms with van der Waals surface area (Å²) in [6.07, 6.45) is 0. The molecule has 106 valence electrons. The van der Waals surface area contributed by atoms with E-state index in [0.717, 1.165) is 10.0 Å². The fourth-order valence-corrected chi connectivity index (χ4v) is 2.87. The molecule has 1 unspecified atom stereocenters. The zero-order valence-corrected chi connectivity index (χ0v) is 12.8. The summed E-state index contributed by atoms with van der Waals surface area (Å²) in [6.45, 7) is 1.50. The Labute approximate surface area is 120 Å². The Bertz CT molecular complexity index is 572. The van der Waals surface area contributed by atoms with E-state index in [4.69, 9.17) is 5.11 Å². The summed E-state index contributed by atoms with van der Waals surface area (Å²) in [4.78, 5) is 10.9. The molecule has 0 fully saturated rings. The van der Waals surface area contributed by atoms with Gasteiger partial charge in [-0.2, -0.15) is 4.72 Å². The first-order valence-electron chi connectivity index (χ1n) is 5.28. The number of ether oxygens (including phenoxy) is 1. The van der Waals surface area contributed by atoms with Crippen molar-refractivity contribution in [3.05, 3.63) is 28.2 Å². The molecule has 0 heterocycles. The van der Waals surface area contributed by atoms with Gasteiger partial charge in [-0.15, -0.1) is 0 Å². The third kappa shape index (κ3) is 4.27. The van der Waals surface area contributed by atoms with Gasteiger partial charge in [0.1, 0.15) is 6.04 Å². The molecule has 1 rings (SSSR count). The van der Waals surface area contributed by atoms with E-state index in [1.807, 2.05) is 0 Å². The van der Waals surface area contributed by atoms with Gasteiger partial charge in [-0.25, -0.2) is 8.42 Å². The average Bonchev–Trinajstić information content (AvgIpc) is 2.31. The Hall–Kier alpha value is -0.960. The minimum atomic E-state index is -3.90. The van der Waals surface area contributed by atoms with E-state index >= 15 is 0 Å². The fourth-order valence-electron chi connectivity index (χ4n) is 1.36. The molecule has 19 heavy (non-hydrogen) atoms. The van der Waals surface area contributed by atoms with Crippen molar-refractivity contribution >= 4 is 31.9 Å². The van der Waals surface area contributed by atoms with Gasteiger partial charge in [0, 0.05) is 11.6 Å². The third-order valence-corrected chi connectivity index (χ3v) is 4.73. The van der Waals surface area contributed by atoms with Crippen LogP contribution in [-0.2, 0) is 19.6 Å². The number of hydrogen-bond donors (Lipinski definition) is 2. The van der Waals surface area contributed by atoms with E-state index in [1.54, 1.807) is 13.0 Å². The number of sulfonamides is 1. The minimum Gasteiger partial charge on any atom is -0.480 e. The van der Waals surface area contributed by atoms with E-state index < -0.39 is 22.0 Å². The van der Waals surface area contributed by atoms with Crippen LogP contribution in [0.3, 0.4) is 0 Å². The second-order valence-corrected chi connectivity index (χ2v) is 6.45. The monoisotopic (exact) mass is 351 g/mol. The molecular formula is C11H14BrNO5S. The number of carbonyl (C=O) groups is 1. The topological polar surface area (TPSA) is 92.7 Å². The molecule has 0 aliphatic carbocycles. The van der Waals surface area contributed by atoms with Crippen molar-refractivity contribution in [2.45, 2.75) is 17.9 Å². The summed E-state index contributed by atoms with van der Waals surface area (Å²) < 4.78 is 31.6. The molecule has 8 heteroatoms. The molecule has 6 nitrogen and oxygen atoms in total. The Morgan fingerprint density at radius 1 is 1.53 bits per heavy atom. The van der Waals surface area contributed by atoms with E-state index in [9.17, 15) is 13.2 Å². The van der Waals surface area contributed by atoms with Crippen LogP contribution in [0.25, 0.3) is 0 Å². The summed E-state index contributed by atoms with van der Waals surface area (Å²) in [5.74, 6) is -1.29. The minimum absolute atomic E-state index is 0.00977. The van der Waals surface area contributed by atoms with Crippen molar-refractivity contribution in [3.8, 4) is 0 Å². The van der Waals surface area contributed by atoms with Crippen LogP contribution in [0, 0.1) is 6.92 Å². The third-order valence-electron chi connectivity index (χ3n) is 2.37. The summed E-state index contributed by atoms with van der Waals surface area (Å²) >= 11 is 3.27. The summed E-state index contributed by atoms with van der Waals surface area (Å²) in [5.41, 5.74) is 0.737. The van der Waals surface area contributed by atoms with E-state index in [2.05, 4.69) is 25.4 Å². The standard InChI is InChI=1S/C11H14BrNO5S/c1-7-5-8(3-4-9(7)12)19(16,17)13-10(6-18-2)11(14)15/h3-5,10,13H,6H2,1-2H3,(H,14,15). The first-order chi connectivity index (χ1) is 8.77. The van der Waals surface area contributed by atoms with Gasteiger partial charge in [0.15, 0.2) is 0 Å². The number of carboxylic acids is 1. The molecule has 0 amide bonds. The van der Waals surface area contributed by atoms with Crippen molar-refractivity contribution in [2.75, 3.05) is 13.7 Å². The Morgan fingerprint density at radius 3 is 2.63 bits per heavy atom. The highest BCUT2D eigenvalue weighted by Crippen LogP contribution is 2.20. The van der Waals surface area contributed by atoms with Gasteiger partial charge in [-0.05, 0) is 30.7 Å². The molecule has 2 N–H and O–H groups in total. The maximum atomic E-state index is 12.0. The van der Waals surface area contributed by atoms with Gasteiger partial charge in [-0.3, -0.25) is 4.79 Å². The SMILES string of the molecule is COCC(NS(=O)(=O)c1ccc(Br)c(C)c1)C(=O)O. The molecule has 0 aliphatic rings. The predicted octanol–water partition coefficient (Wildman–Crippen LogP) is 1.14. The van der Waals surface area contributed by atoms with Crippen LogP contribution in [0.4, 0.5) is 0 Å². The van der Waals surface area contributed by atoms with Crippen LogP contribution in [0.5, 0.6) is 0 Å². The Morgan fingerprint density at radius 2 is 2.16 bits per heavy atom. The lowest BCUT2D eigenvalue weighted by atomic mass is 10.2. The highest BCUT2D eigenvalue weighted by atomic mass is 79.9. The maximum absolute atomic E-state index is 12.0. The van der Waals surface area contributed by atoms with Crippen molar-refractivity contribution in [1.29, 1.82) is 0 Å². The van der Waals surface area contributed by atoms with Crippen molar-refractivity contribution in [3.63, 3.8) is 0 Å². The summed E-state index contributed by atoms with van der Waals surface area (Å²) in [7, 11) is -2.60. The van der Waals surface area contributed by atoms with Gasteiger partial charge in [0.25, 0.3) is 0 Å². The summed E-state index contributed by atoms with van der Waals surface area (Å²) in [5, 5.41) is 8.90. The van der Waals surface area contributed by atoms with Crippen LogP contribution in [0.15, 0.2) is 27.6 Å². The molecule has 0 spiro atoms. The lowest BCUT2D eigenvalue weighted by Crippen LogP contribution is -2.43. The molecule has 1 aromatic rings. The van der Waals surface area contributed by atoms with Gasteiger partial charge in [0.05, 0.1) is 11.5 Å². The van der Waals surface area contributed by atoms with E-state index in [-0.39, 0.29) is 11.5 Å². The van der Waals surface area contributed by atoms with Crippen molar-refractivity contribution in [2.24, 2.45) is 0 Å². The van der Waals surface area contributed by atoms with Crippen LogP contribution >= 0.6 is 15.9 Å². The van der Waals surface area contributed by atoms with Crippen LogP contribution in [0.2, 0.25) is 0 Å². The van der Waals surface area contributed by atoms with Crippen LogP contribution < -0.4 is 4.72 Å². The van der Waals surface area contributed by atoms with Crippen LogP contribution in [-0.4, -0.2) is 39.3 Å². The number of benzene rings is 1. The first kappa shape index (κ1) is 16.1. The van der Waals surface area contributed by atoms with E-state index in [1.165, 1.54) is 19.2 Å². The molecule has 0 bridgehead atoms. The fraction of sp³-hybridized carbons (Fsp3) is 0.364. The lowest BCUT2D eigenvalue weighted by Gasteiger charge is -2.14. The lowest BCUT2D eigenvalue weighted by molar-refractivity contribution is -0.140. The predicted molar refractivity (Wildman–Crippen MR) is 72.5 cm³/mol. The zero-order valence-electron chi connectivity index (χ0n) is 10.4. The van der Waals surface area contributed by atoms with Crippen LogP contribution in [0.1, 0.15) is 5.56 Å². The smallest absolute Gasteiger partial charge is 0.324 e. The highest BCUT2D eigenvalue weighted by molar-refractivity contribution is 9.10. The number of hydrogen-bond acceptors (Lipinski definition) is 4. The molecule has 0 aliphatic heterocycles. The number of methoxy groups -OCH3 is 1. The largest absolute Gasteiger partial charge is 0.480 e. The number of aryl methyl sites for hydroxylation is 1. The Kier molecular flexibility index (Phi) is 5.48. The second-order valence-electron chi connectivity index (χ2n) is 3.88. The van der Waals surface area contributed by atoms with Gasteiger partial charge in [0.2, 0.25) is 10.0 Å².